The number of fused-ring (bicyclic) bond motifs is 2. The van der Waals surface area contributed by atoms with Crippen LogP contribution in [0.2, 0.25) is 0 Å². The Morgan fingerprint density at radius 2 is 1.93 bits per heavy atom. The fourth-order valence-electron chi connectivity index (χ4n) is 2.95. The molecule has 0 fully saturated rings. The molecule has 1 aromatic carbocycles. The van der Waals surface area contributed by atoms with Crippen LogP contribution in [-0.4, -0.2) is 29.5 Å². The predicted octanol–water partition coefficient (Wildman–Crippen LogP) is 3.91. The Morgan fingerprint density at radius 1 is 0.964 bits per heavy atom. The first-order chi connectivity index (χ1) is 13.8. The van der Waals surface area contributed by atoms with Gasteiger partial charge in [0, 0.05) is 24.1 Å². The molecule has 0 amide bonds. The Labute approximate surface area is 159 Å². The maximum absolute atomic E-state index is 6.02. The molecule has 0 radical (unpaired) electrons. The Kier molecular flexibility index (Phi) is 3.79. The van der Waals surface area contributed by atoms with Gasteiger partial charge in [0.2, 0.25) is 0 Å². The van der Waals surface area contributed by atoms with Crippen molar-refractivity contribution in [2.75, 3.05) is 5.32 Å². The van der Waals surface area contributed by atoms with Crippen LogP contribution in [0, 0.1) is 6.92 Å². The molecule has 8 nitrogen and oxygen atoms in total. The maximum Gasteiger partial charge on any atom is 0.160 e. The molecular weight excluding hydrogens is 354 g/mol. The summed E-state index contributed by atoms with van der Waals surface area (Å²) in [6.07, 6.45) is 6.58. The quantitative estimate of drug-likeness (QED) is 0.513. The fourth-order valence-corrected chi connectivity index (χ4v) is 2.95. The van der Waals surface area contributed by atoms with Crippen LogP contribution in [0.1, 0.15) is 5.56 Å². The van der Waals surface area contributed by atoms with Crippen LogP contribution in [0.4, 0.5) is 11.5 Å². The minimum Gasteiger partial charge on any atom is -0.457 e. The second kappa shape index (κ2) is 6.58. The summed E-state index contributed by atoms with van der Waals surface area (Å²) in [6.45, 7) is 1.99. The van der Waals surface area contributed by atoms with E-state index in [9.17, 15) is 0 Å². The average molecular weight is 369 g/mol. The first kappa shape index (κ1) is 16.1. The predicted molar refractivity (Wildman–Crippen MR) is 105 cm³/mol. The van der Waals surface area contributed by atoms with Gasteiger partial charge in [0.15, 0.2) is 11.5 Å². The molecule has 0 unspecified atom stereocenters. The largest absolute Gasteiger partial charge is 0.457 e. The van der Waals surface area contributed by atoms with Gasteiger partial charge in [0.05, 0.1) is 5.52 Å². The van der Waals surface area contributed by atoms with Gasteiger partial charge in [0.1, 0.15) is 29.7 Å². The highest BCUT2D eigenvalue weighted by molar-refractivity contribution is 5.86. The first-order valence-electron chi connectivity index (χ1n) is 8.67. The number of aromatic nitrogens is 6. The zero-order valence-electron chi connectivity index (χ0n) is 14.9. The zero-order chi connectivity index (χ0) is 18.9. The summed E-state index contributed by atoms with van der Waals surface area (Å²) in [5.74, 6) is 2.13. The number of nitrogens with zero attached hydrogens (tertiary/aromatic N) is 6. The number of hydrogen-bond acceptors (Lipinski definition) is 7. The van der Waals surface area contributed by atoms with Gasteiger partial charge in [0.25, 0.3) is 0 Å². The number of aryl methyl sites for hydroxylation is 1. The van der Waals surface area contributed by atoms with Crippen molar-refractivity contribution in [3.05, 3.63) is 73.1 Å². The molecule has 0 spiro atoms. The average Bonchev–Trinajstić information content (AvgIpc) is 3.18. The van der Waals surface area contributed by atoms with Crippen molar-refractivity contribution >= 4 is 28.2 Å². The van der Waals surface area contributed by atoms with Crippen molar-refractivity contribution in [3.63, 3.8) is 0 Å². The molecule has 5 aromatic rings. The lowest BCUT2D eigenvalue weighted by molar-refractivity contribution is 0.478. The van der Waals surface area contributed by atoms with Crippen LogP contribution in [0.25, 0.3) is 16.7 Å². The SMILES string of the molecule is Cc1cc(Nc2ncnc3cccnc23)ccc1Oc1ccn2ncnc2c1. The number of benzene rings is 1. The molecule has 0 saturated heterocycles. The first-order valence-corrected chi connectivity index (χ1v) is 8.67. The molecular formula is C20H15N7O. The normalized spacial score (nSPS) is 11.0. The third-order valence-corrected chi connectivity index (χ3v) is 4.31. The van der Waals surface area contributed by atoms with Gasteiger partial charge < -0.3 is 10.1 Å². The van der Waals surface area contributed by atoms with Gasteiger partial charge in [-0.25, -0.2) is 19.5 Å². The van der Waals surface area contributed by atoms with Crippen molar-refractivity contribution < 1.29 is 4.74 Å². The van der Waals surface area contributed by atoms with Crippen molar-refractivity contribution in [2.24, 2.45) is 0 Å². The van der Waals surface area contributed by atoms with E-state index < -0.39 is 0 Å². The minimum atomic E-state index is 0.663. The molecule has 1 N–H and O–H groups in total. The van der Waals surface area contributed by atoms with Gasteiger partial charge in [-0.2, -0.15) is 5.10 Å². The van der Waals surface area contributed by atoms with Gasteiger partial charge in [-0.1, -0.05) is 0 Å². The highest BCUT2D eigenvalue weighted by atomic mass is 16.5. The molecule has 0 saturated carbocycles. The lowest BCUT2D eigenvalue weighted by Crippen LogP contribution is -1.98. The summed E-state index contributed by atoms with van der Waals surface area (Å²) in [5, 5.41) is 7.39. The fraction of sp³-hybridized carbons (Fsp3) is 0.0500. The molecule has 28 heavy (non-hydrogen) atoms. The number of ether oxygens (including phenoxy) is 1. The third-order valence-electron chi connectivity index (χ3n) is 4.31. The molecule has 0 bridgehead atoms. The van der Waals surface area contributed by atoms with E-state index in [0.29, 0.717) is 11.6 Å². The van der Waals surface area contributed by atoms with Crippen LogP contribution in [0.3, 0.4) is 0 Å². The second-order valence-corrected chi connectivity index (χ2v) is 6.23. The summed E-state index contributed by atoms with van der Waals surface area (Å²) in [5.41, 5.74) is 4.13. The summed E-state index contributed by atoms with van der Waals surface area (Å²) in [6, 6.07) is 13.3. The summed E-state index contributed by atoms with van der Waals surface area (Å²) < 4.78 is 7.70. The van der Waals surface area contributed by atoms with Crippen molar-refractivity contribution in [1.29, 1.82) is 0 Å². The smallest absolute Gasteiger partial charge is 0.160 e. The molecule has 4 aromatic heterocycles. The van der Waals surface area contributed by atoms with Gasteiger partial charge >= 0.3 is 0 Å². The molecule has 0 aliphatic heterocycles. The topological polar surface area (TPSA) is 90.1 Å². The Balaban J connectivity index is 1.41. The van der Waals surface area contributed by atoms with Crippen molar-refractivity contribution in [3.8, 4) is 11.5 Å². The van der Waals surface area contributed by atoms with E-state index in [2.05, 4.69) is 30.4 Å². The van der Waals surface area contributed by atoms with E-state index in [1.807, 2.05) is 55.6 Å². The van der Waals surface area contributed by atoms with Crippen LogP contribution in [-0.2, 0) is 0 Å². The van der Waals surface area contributed by atoms with Crippen molar-refractivity contribution in [1.82, 2.24) is 29.5 Å². The molecule has 136 valence electrons. The molecule has 8 heteroatoms. The van der Waals surface area contributed by atoms with Gasteiger partial charge in [-0.15, -0.1) is 0 Å². The lowest BCUT2D eigenvalue weighted by Gasteiger charge is -2.12. The lowest BCUT2D eigenvalue weighted by atomic mass is 10.2. The number of rotatable bonds is 4. The van der Waals surface area contributed by atoms with Crippen LogP contribution in [0.5, 0.6) is 11.5 Å². The van der Waals surface area contributed by atoms with Crippen LogP contribution >= 0.6 is 0 Å². The van der Waals surface area contributed by atoms with Crippen LogP contribution < -0.4 is 10.1 Å². The minimum absolute atomic E-state index is 0.663. The second-order valence-electron chi connectivity index (χ2n) is 6.23. The molecule has 0 aliphatic rings. The Bertz CT molecular complexity index is 1290. The Morgan fingerprint density at radius 3 is 2.86 bits per heavy atom. The number of nitrogens with one attached hydrogen (secondary N) is 1. The maximum atomic E-state index is 6.02. The third kappa shape index (κ3) is 2.96. The highest BCUT2D eigenvalue weighted by Crippen LogP contribution is 2.29. The van der Waals surface area contributed by atoms with Gasteiger partial charge in [-0.05, 0) is 48.9 Å². The molecule has 4 heterocycles. The monoisotopic (exact) mass is 369 g/mol. The van der Waals surface area contributed by atoms with E-state index in [4.69, 9.17) is 4.74 Å². The van der Waals surface area contributed by atoms with Crippen molar-refractivity contribution in [2.45, 2.75) is 6.92 Å². The standard InChI is InChI=1S/C20H15N7O/c1-13-9-14(26-20-19-16(22-11-24-20)3-2-7-21-19)4-5-17(13)28-15-6-8-27-18(10-15)23-12-25-27/h2-12H,1H3,(H,22,24,26). The summed E-state index contributed by atoms with van der Waals surface area (Å²) in [7, 11) is 0. The summed E-state index contributed by atoms with van der Waals surface area (Å²) >= 11 is 0. The van der Waals surface area contributed by atoms with E-state index in [1.165, 1.54) is 12.7 Å². The summed E-state index contributed by atoms with van der Waals surface area (Å²) in [4.78, 5) is 17.1. The Hall–Kier alpha value is -4.07. The molecule has 0 aliphatic carbocycles. The zero-order valence-corrected chi connectivity index (χ0v) is 14.9. The van der Waals surface area contributed by atoms with Crippen LogP contribution in [0.15, 0.2) is 67.5 Å². The molecule has 0 atom stereocenters. The van der Waals surface area contributed by atoms with Gasteiger partial charge in [-0.3, -0.25) is 4.98 Å². The van der Waals surface area contributed by atoms with E-state index >= 15 is 0 Å². The number of pyridine rings is 2. The van der Waals surface area contributed by atoms with E-state index in [1.54, 1.807) is 10.7 Å². The molecule has 5 rings (SSSR count). The van der Waals surface area contributed by atoms with E-state index in [0.717, 1.165) is 33.7 Å². The van der Waals surface area contributed by atoms with E-state index in [-0.39, 0.29) is 0 Å². The number of hydrogen-bond donors (Lipinski definition) is 1. The number of anilines is 2. The highest BCUT2D eigenvalue weighted by Gasteiger charge is 2.08.